The predicted octanol–water partition coefficient (Wildman–Crippen LogP) is 2.57. The number of fused-ring (bicyclic) bond motifs is 1. The zero-order valence-corrected chi connectivity index (χ0v) is 18.4. The highest BCUT2D eigenvalue weighted by atomic mass is 16.5. The minimum Gasteiger partial charge on any atom is -0.507 e. The molecule has 2 aliphatic rings. The molecular weight excluding hydrogens is 402 g/mol. The number of rotatable bonds is 9. The number of carbonyl (C=O) groups excluding carboxylic acids is 2. The summed E-state index contributed by atoms with van der Waals surface area (Å²) in [5.41, 5.74) is 3.21. The smallest absolute Gasteiger partial charge is 0.342 e. The number of phenolic OH excluding ortho intramolecular Hbond substituents is 1. The Kier molecular flexibility index (Phi) is 7.92. The molecule has 3 rings (SSSR count). The van der Waals surface area contributed by atoms with Gasteiger partial charge in [0.15, 0.2) is 0 Å². The van der Waals surface area contributed by atoms with Gasteiger partial charge >= 0.3 is 11.9 Å². The molecular formula is C23H31NO7. The molecule has 0 radical (unpaired) electrons. The molecule has 1 saturated heterocycles. The Labute approximate surface area is 182 Å². The number of carbonyl (C=O) groups is 2. The Hall–Kier alpha value is -2.58. The van der Waals surface area contributed by atoms with Crippen molar-refractivity contribution in [1.29, 1.82) is 0 Å². The number of methoxy groups -OCH3 is 1. The number of cyclic esters (lactones) is 1. The summed E-state index contributed by atoms with van der Waals surface area (Å²) in [6, 6.07) is 0. The molecule has 1 aromatic rings. The van der Waals surface area contributed by atoms with Gasteiger partial charge in [-0.05, 0) is 32.3 Å². The number of hydrogen-bond donors (Lipinski definition) is 2. The van der Waals surface area contributed by atoms with Crippen LogP contribution in [-0.2, 0) is 32.0 Å². The lowest BCUT2D eigenvalue weighted by Gasteiger charge is -2.23. The Bertz CT molecular complexity index is 856. The van der Waals surface area contributed by atoms with Gasteiger partial charge in [0, 0.05) is 37.1 Å². The molecule has 0 aliphatic carbocycles. The maximum Gasteiger partial charge on any atom is 0.342 e. The van der Waals surface area contributed by atoms with E-state index in [9.17, 15) is 14.7 Å². The van der Waals surface area contributed by atoms with Crippen LogP contribution in [0.15, 0.2) is 11.6 Å². The summed E-state index contributed by atoms with van der Waals surface area (Å²) >= 11 is 0. The Morgan fingerprint density at radius 1 is 1.35 bits per heavy atom. The Balaban J connectivity index is 1.53. The number of ether oxygens (including phenoxy) is 4. The van der Waals surface area contributed by atoms with Crippen molar-refractivity contribution in [1.82, 2.24) is 5.32 Å². The summed E-state index contributed by atoms with van der Waals surface area (Å²) in [5, 5.41) is 13.9. The minimum absolute atomic E-state index is 0.0946. The fourth-order valence-electron chi connectivity index (χ4n) is 3.89. The number of esters is 2. The van der Waals surface area contributed by atoms with E-state index in [1.54, 1.807) is 0 Å². The topological polar surface area (TPSA) is 103 Å². The molecule has 31 heavy (non-hydrogen) atoms. The third kappa shape index (κ3) is 5.57. The molecule has 1 atom stereocenters. The summed E-state index contributed by atoms with van der Waals surface area (Å²) in [6.07, 6.45) is 3.92. The van der Waals surface area contributed by atoms with E-state index in [4.69, 9.17) is 18.9 Å². The SMILES string of the molecule is COc1c(C)c2c(c(O)c1C/C=C(\C)CCC(=O)OCCC1CNCCO1)C(=O)OC2. The molecule has 8 heteroatoms. The molecule has 8 nitrogen and oxygen atoms in total. The van der Waals surface area contributed by atoms with E-state index in [-0.39, 0.29) is 36.4 Å². The monoisotopic (exact) mass is 433 g/mol. The third-order valence-electron chi connectivity index (χ3n) is 5.73. The van der Waals surface area contributed by atoms with Crippen molar-refractivity contribution in [2.75, 3.05) is 33.4 Å². The summed E-state index contributed by atoms with van der Waals surface area (Å²) in [4.78, 5) is 24.0. The van der Waals surface area contributed by atoms with Crippen molar-refractivity contribution in [3.8, 4) is 11.5 Å². The molecule has 2 aliphatic heterocycles. The number of morpholine rings is 1. The summed E-state index contributed by atoms with van der Waals surface area (Å²) in [5.74, 6) is -0.300. The second-order valence-electron chi connectivity index (χ2n) is 7.88. The molecule has 0 amide bonds. The summed E-state index contributed by atoms with van der Waals surface area (Å²) in [6.45, 7) is 6.61. The van der Waals surface area contributed by atoms with Crippen molar-refractivity contribution < 1.29 is 33.6 Å². The highest BCUT2D eigenvalue weighted by Gasteiger charge is 2.31. The molecule has 0 spiro atoms. The predicted molar refractivity (Wildman–Crippen MR) is 113 cm³/mol. The standard InChI is InChI=1S/C23H31NO7/c1-14(5-7-19(25)30-10-8-16-12-24-9-11-29-16)4-6-17-21(26)20-18(13-31-23(20)27)15(2)22(17)28-3/h4,16,24,26H,5-13H2,1-3H3/b14-4+. The van der Waals surface area contributed by atoms with E-state index in [1.165, 1.54) is 7.11 Å². The second kappa shape index (κ2) is 10.6. The highest BCUT2D eigenvalue weighted by Crippen LogP contribution is 2.42. The average Bonchev–Trinajstić information content (AvgIpc) is 3.16. The summed E-state index contributed by atoms with van der Waals surface area (Å²) in [7, 11) is 1.54. The van der Waals surface area contributed by atoms with Gasteiger partial charge < -0.3 is 29.4 Å². The van der Waals surface area contributed by atoms with Crippen molar-refractivity contribution in [3.05, 3.63) is 33.9 Å². The van der Waals surface area contributed by atoms with Gasteiger partial charge in [-0.2, -0.15) is 0 Å². The van der Waals surface area contributed by atoms with Crippen LogP contribution in [0.5, 0.6) is 11.5 Å². The molecule has 0 saturated carbocycles. The van der Waals surface area contributed by atoms with Gasteiger partial charge in [0.2, 0.25) is 0 Å². The van der Waals surface area contributed by atoms with E-state index < -0.39 is 5.97 Å². The fourth-order valence-corrected chi connectivity index (χ4v) is 3.89. The van der Waals surface area contributed by atoms with E-state index in [1.807, 2.05) is 19.9 Å². The van der Waals surface area contributed by atoms with Gasteiger partial charge in [0.25, 0.3) is 0 Å². The van der Waals surface area contributed by atoms with Gasteiger partial charge in [0.05, 0.1) is 26.4 Å². The summed E-state index contributed by atoms with van der Waals surface area (Å²) < 4.78 is 21.5. The van der Waals surface area contributed by atoms with Gasteiger partial charge in [-0.25, -0.2) is 4.79 Å². The number of hydrogen-bond acceptors (Lipinski definition) is 8. The largest absolute Gasteiger partial charge is 0.507 e. The van der Waals surface area contributed by atoms with E-state index in [0.29, 0.717) is 49.4 Å². The molecule has 1 unspecified atom stereocenters. The number of nitrogens with one attached hydrogen (secondary N) is 1. The molecule has 2 N–H and O–H groups in total. The van der Waals surface area contributed by atoms with E-state index in [0.717, 1.165) is 24.2 Å². The average molecular weight is 434 g/mol. The minimum atomic E-state index is -0.516. The van der Waals surface area contributed by atoms with Gasteiger partial charge in [-0.3, -0.25) is 4.79 Å². The molecule has 2 heterocycles. The first-order valence-corrected chi connectivity index (χ1v) is 10.6. The maximum absolute atomic E-state index is 12.0. The van der Waals surface area contributed by atoms with Gasteiger partial charge in [-0.15, -0.1) is 0 Å². The van der Waals surface area contributed by atoms with Crippen LogP contribution in [0.3, 0.4) is 0 Å². The Morgan fingerprint density at radius 2 is 2.16 bits per heavy atom. The van der Waals surface area contributed by atoms with Crippen LogP contribution in [-0.4, -0.2) is 56.6 Å². The lowest BCUT2D eigenvalue weighted by molar-refractivity contribution is -0.144. The molecule has 0 bridgehead atoms. The van der Waals surface area contributed by atoms with Crippen molar-refractivity contribution >= 4 is 11.9 Å². The number of aromatic hydroxyl groups is 1. The van der Waals surface area contributed by atoms with Crippen molar-refractivity contribution in [2.24, 2.45) is 0 Å². The van der Waals surface area contributed by atoms with Crippen molar-refractivity contribution in [2.45, 2.75) is 52.2 Å². The molecule has 170 valence electrons. The second-order valence-corrected chi connectivity index (χ2v) is 7.88. The van der Waals surface area contributed by atoms with Gasteiger partial charge in [-0.1, -0.05) is 11.6 Å². The Morgan fingerprint density at radius 3 is 2.87 bits per heavy atom. The van der Waals surface area contributed by atoms with Crippen LogP contribution in [0.2, 0.25) is 0 Å². The number of allylic oxidation sites excluding steroid dienone is 2. The quantitative estimate of drug-likeness (QED) is 0.452. The fraction of sp³-hybridized carbons (Fsp3) is 0.565. The molecule has 1 aromatic carbocycles. The van der Waals surface area contributed by atoms with Crippen molar-refractivity contribution in [3.63, 3.8) is 0 Å². The zero-order chi connectivity index (χ0) is 22.4. The van der Waals surface area contributed by atoms with Crippen LogP contribution in [0.25, 0.3) is 0 Å². The first-order chi connectivity index (χ1) is 14.9. The third-order valence-corrected chi connectivity index (χ3v) is 5.73. The lowest BCUT2D eigenvalue weighted by Crippen LogP contribution is -2.39. The maximum atomic E-state index is 12.0. The molecule has 1 fully saturated rings. The first-order valence-electron chi connectivity index (χ1n) is 10.6. The normalized spacial score (nSPS) is 18.5. The van der Waals surface area contributed by atoms with Crippen LogP contribution >= 0.6 is 0 Å². The lowest BCUT2D eigenvalue weighted by atomic mass is 9.94. The highest BCUT2D eigenvalue weighted by molar-refractivity contribution is 5.98. The first kappa shape index (κ1) is 23.1. The van der Waals surface area contributed by atoms with Crippen LogP contribution in [0.1, 0.15) is 53.2 Å². The number of phenols is 1. The number of benzene rings is 1. The van der Waals surface area contributed by atoms with E-state index >= 15 is 0 Å². The van der Waals surface area contributed by atoms with E-state index in [2.05, 4.69) is 5.32 Å². The van der Waals surface area contributed by atoms with Gasteiger partial charge in [0.1, 0.15) is 23.7 Å². The zero-order valence-electron chi connectivity index (χ0n) is 18.4. The van der Waals surface area contributed by atoms with Crippen LogP contribution < -0.4 is 10.1 Å². The van der Waals surface area contributed by atoms with Crippen LogP contribution in [0.4, 0.5) is 0 Å². The molecule has 0 aromatic heterocycles. The van der Waals surface area contributed by atoms with Crippen LogP contribution in [0, 0.1) is 6.92 Å².